The van der Waals surface area contributed by atoms with E-state index in [2.05, 4.69) is 0 Å². The smallest absolute Gasteiger partial charge is 0.330 e. The lowest BCUT2D eigenvalue weighted by Gasteiger charge is -2.28. The number of allylic oxidation sites excluding steroid dienone is 2. The van der Waals surface area contributed by atoms with Gasteiger partial charge in [-0.1, -0.05) is 26.0 Å². The van der Waals surface area contributed by atoms with Crippen molar-refractivity contribution in [2.75, 3.05) is 6.61 Å². The first-order chi connectivity index (χ1) is 14.7. The summed E-state index contributed by atoms with van der Waals surface area (Å²) in [7, 11) is 0. The van der Waals surface area contributed by atoms with Gasteiger partial charge in [-0.2, -0.15) is 0 Å². The quantitative estimate of drug-likeness (QED) is 0.163. The Morgan fingerprint density at radius 2 is 1.65 bits per heavy atom. The number of rotatable bonds is 7. The number of Topliss-reactive ketones (excluding diaryl/α,β-unsaturated/α-hetero) is 1. The zero-order chi connectivity index (χ0) is 22.4. The Morgan fingerprint density at radius 3 is 2.13 bits per heavy atom. The van der Waals surface area contributed by atoms with Crippen LogP contribution in [0.3, 0.4) is 0 Å². The maximum Gasteiger partial charge on any atom is 0.330 e. The number of amides is 2. The van der Waals surface area contributed by atoms with E-state index in [0.717, 1.165) is 11.3 Å². The second-order valence-electron chi connectivity index (χ2n) is 8.57. The van der Waals surface area contributed by atoms with Crippen LogP contribution in [0.2, 0.25) is 0 Å². The Morgan fingerprint density at radius 1 is 1.10 bits per heavy atom. The number of carbonyl (C=O) groups is 4. The Bertz CT molecular complexity index is 968. The number of imide groups is 1. The third-order valence-corrected chi connectivity index (χ3v) is 6.40. The summed E-state index contributed by atoms with van der Waals surface area (Å²) in [5.41, 5.74) is -0.00140. The van der Waals surface area contributed by atoms with Crippen molar-refractivity contribution in [3.63, 3.8) is 0 Å². The Kier molecular flexibility index (Phi) is 5.20. The Labute approximate surface area is 178 Å². The molecule has 1 heterocycles. The number of hydrogen-bond acceptors (Lipinski definition) is 7. The van der Waals surface area contributed by atoms with Crippen LogP contribution in [0.1, 0.15) is 30.6 Å². The number of likely N-dealkylation sites (tertiary alicyclic amines) is 1. The van der Waals surface area contributed by atoms with Gasteiger partial charge < -0.3 is 4.74 Å². The lowest BCUT2D eigenvalue weighted by molar-refractivity contribution is -0.384. The number of ketones is 1. The maximum atomic E-state index is 13.0. The second kappa shape index (κ2) is 7.72. The first-order valence-electron chi connectivity index (χ1n) is 10.2. The normalized spacial score (nSPS) is 27.0. The van der Waals surface area contributed by atoms with Crippen molar-refractivity contribution in [3.05, 3.63) is 52.1 Å². The van der Waals surface area contributed by atoms with Crippen LogP contribution in [0, 0.1) is 39.7 Å². The van der Waals surface area contributed by atoms with Crippen molar-refractivity contribution in [2.24, 2.45) is 29.6 Å². The maximum absolute atomic E-state index is 13.0. The molecule has 31 heavy (non-hydrogen) atoms. The highest BCUT2D eigenvalue weighted by molar-refractivity contribution is 6.09. The third-order valence-electron chi connectivity index (χ3n) is 6.40. The number of hydrogen-bond donors (Lipinski definition) is 0. The molecule has 9 nitrogen and oxygen atoms in total. The minimum atomic E-state index is -1.10. The zero-order valence-corrected chi connectivity index (χ0v) is 17.1. The highest BCUT2D eigenvalue weighted by Gasteiger charge is 2.61. The molecule has 1 aromatic rings. The van der Waals surface area contributed by atoms with Crippen molar-refractivity contribution in [1.82, 2.24) is 4.90 Å². The van der Waals surface area contributed by atoms with Gasteiger partial charge in [-0.15, -0.1) is 0 Å². The molecule has 0 unspecified atom stereocenters. The van der Waals surface area contributed by atoms with E-state index in [-0.39, 0.29) is 40.8 Å². The number of fused-ring (bicyclic) bond motifs is 5. The van der Waals surface area contributed by atoms with E-state index in [9.17, 15) is 29.3 Å². The van der Waals surface area contributed by atoms with Crippen LogP contribution in [0.4, 0.5) is 5.69 Å². The van der Waals surface area contributed by atoms with Crippen LogP contribution >= 0.6 is 0 Å². The molecule has 9 heteroatoms. The largest absolute Gasteiger partial charge is 0.456 e. The van der Waals surface area contributed by atoms with Crippen LogP contribution in [-0.4, -0.2) is 46.0 Å². The summed E-state index contributed by atoms with van der Waals surface area (Å²) in [4.78, 5) is 62.4. The van der Waals surface area contributed by atoms with Crippen LogP contribution in [0.25, 0.3) is 0 Å². The van der Waals surface area contributed by atoms with Crippen molar-refractivity contribution in [3.8, 4) is 0 Å². The molecule has 1 saturated heterocycles. The van der Waals surface area contributed by atoms with E-state index in [1.807, 2.05) is 12.2 Å². The second-order valence-corrected chi connectivity index (χ2v) is 8.57. The highest BCUT2D eigenvalue weighted by Crippen LogP contribution is 2.53. The molecule has 2 fully saturated rings. The third kappa shape index (κ3) is 3.43. The van der Waals surface area contributed by atoms with Crippen molar-refractivity contribution >= 4 is 29.3 Å². The lowest BCUT2D eigenvalue weighted by Crippen LogP contribution is -2.50. The number of nitrogens with zero attached hydrogens (tertiary/aromatic N) is 2. The number of nitro benzene ring substituents is 1. The van der Waals surface area contributed by atoms with Gasteiger partial charge in [0.2, 0.25) is 11.8 Å². The van der Waals surface area contributed by atoms with Gasteiger partial charge in [0.05, 0.1) is 16.8 Å². The van der Waals surface area contributed by atoms with Crippen LogP contribution < -0.4 is 0 Å². The molecule has 162 valence electrons. The summed E-state index contributed by atoms with van der Waals surface area (Å²) in [6.45, 7) is 2.84. The van der Waals surface area contributed by atoms with Crippen molar-refractivity contribution < 1.29 is 28.8 Å². The van der Waals surface area contributed by atoms with E-state index in [1.54, 1.807) is 13.8 Å². The predicted molar refractivity (Wildman–Crippen MR) is 107 cm³/mol. The fourth-order valence-corrected chi connectivity index (χ4v) is 4.95. The Balaban J connectivity index is 1.45. The first-order valence-corrected chi connectivity index (χ1v) is 10.2. The van der Waals surface area contributed by atoms with E-state index >= 15 is 0 Å². The molecule has 1 aliphatic heterocycles. The van der Waals surface area contributed by atoms with E-state index in [0.29, 0.717) is 0 Å². The molecule has 0 spiro atoms. The summed E-state index contributed by atoms with van der Waals surface area (Å²) in [6, 6.07) is 3.84. The monoisotopic (exact) mass is 426 g/mol. The number of benzene rings is 1. The minimum Gasteiger partial charge on any atom is -0.456 e. The Hall–Kier alpha value is -3.36. The molecular weight excluding hydrogens is 404 g/mol. The molecule has 4 rings (SSSR count). The number of carbonyl (C=O) groups excluding carboxylic acids is 4. The van der Waals surface area contributed by atoms with Gasteiger partial charge in [0, 0.05) is 17.7 Å². The molecule has 0 N–H and O–H groups in total. The number of non-ortho nitro benzene ring substituents is 1. The summed E-state index contributed by atoms with van der Waals surface area (Å²) in [5.74, 6) is -3.20. The van der Waals surface area contributed by atoms with Gasteiger partial charge >= 0.3 is 5.97 Å². The summed E-state index contributed by atoms with van der Waals surface area (Å²) in [6.07, 6.45) is 4.75. The molecule has 1 aromatic carbocycles. The standard InChI is InChI=1S/C22H22N2O7/c1-11(2)19(23-20(26)17-13-3-4-14(9-13)18(17)21(23)27)22(28)31-10-16(25)12-5-7-15(8-6-12)24(29)30/h3-8,11,13-14,17-19H,9-10H2,1-2H3/t13-,14-,17-,18+,19-/m0/s1. The molecule has 1 saturated carbocycles. The molecule has 2 amide bonds. The first kappa shape index (κ1) is 20.9. The number of esters is 1. The molecule has 0 aromatic heterocycles. The number of ether oxygens (including phenoxy) is 1. The fourth-order valence-electron chi connectivity index (χ4n) is 4.95. The average molecular weight is 426 g/mol. The minimum absolute atomic E-state index is 0.0315. The summed E-state index contributed by atoms with van der Waals surface area (Å²) in [5, 5.41) is 10.7. The molecule has 5 atom stereocenters. The van der Waals surface area contributed by atoms with Gasteiger partial charge in [0.25, 0.3) is 5.69 Å². The molecule has 3 aliphatic rings. The van der Waals surface area contributed by atoms with Crippen LogP contribution in [0.5, 0.6) is 0 Å². The SMILES string of the molecule is CC(C)[C@@H](C(=O)OCC(=O)c1ccc([N+](=O)[O-])cc1)N1C(=O)[C@@H]2[C@H](C1=O)[C@H]1C=C[C@H]2C1. The molecule has 2 bridgehead atoms. The predicted octanol–water partition coefficient (Wildman–Crippen LogP) is 2.15. The lowest BCUT2D eigenvalue weighted by atomic mass is 9.85. The van der Waals surface area contributed by atoms with Gasteiger partial charge in [-0.25, -0.2) is 4.79 Å². The highest BCUT2D eigenvalue weighted by atomic mass is 16.6. The molecule has 2 aliphatic carbocycles. The van der Waals surface area contributed by atoms with E-state index in [1.165, 1.54) is 24.3 Å². The van der Waals surface area contributed by atoms with Gasteiger partial charge in [0.1, 0.15) is 6.04 Å². The average Bonchev–Trinajstić information content (AvgIpc) is 3.42. The summed E-state index contributed by atoms with van der Waals surface area (Å²) < 4.78 is 5.18. The molecule has 0 radical (unpaired) electrons. The number of nitro groups is 1. The van der Waals surface area contributed by atoms with Crippen molar-refractivity contribution in [2.45, 2.75) is 26.3 Å². The van der Waals surface area contributed by atoms with E-state index < -0.39 is 41.2 Å². The van der Waals surface area contributed by atoms with Crippen molar-refractivity contribution in [1.29, 1.82) is 0 Å². The topological polar surface area (TPSA) is 124 Å². The molecular formula is C22H22N2O7. The summed E-state index contributed by atoms with van der Waals surface area (Å²) >= 11 is 0. The van der Waals surface area contributed by atoms with Gasteiger partial charge in [-0.3, -0.25) is 29.4 Å². The van der Waals surface area contributed by atoms with Crippen LogP contribution in [-0.2, 0) is 19.1 Å². The van der Waals surface area contributed by atoms with Gasteiger partial charge in [-0.05, 0) is 36.3 Å². The van der Waals surface area contributed by atoms with E-state index in [4.69, 9.17) is 4.74 Å². The zero-order valence-electron chi connectivity index (χ0n) is 17.1. The fraction of sp³-hybridized carbons (Fsp3) is 0.455. The van der Waals surface area contributed by atoms with Crippen LogP contribution in [0.15, 0.2) is 36.4 Å². The van der Waals surface area contributed by atoms with Gasteiger partial charge in [0.15, 0.2) is 12.4 Å².